The maximum atomic E-state index is 4.92. The minimum absolute atomic E-state index is 0.504. The molecule has 0 amide bonds. The van der Waals surface area contributed by atoms with Crippen LogP contribution in [0.15, 0.2) is 42.6 Å². The maximum Gasteiger partial charge on any atom is 0.129 e. The number of hydrogen-bond acceptors (Lipinski definition) is 3. The third-order valence-corrected chi connectivity index (χ3v) is 9.64. The largest absolute Gasteiger partial charge is 0.370 e. The summed E-state index contributed by atoms with van der Waals surface area (Å²) in [5.41, 5.74) is 7.07. The Hall–Kier alpha value is -2.16. The van der Waals surface area contributed by atoms with E-state index in [-0.39, 0.29) is 0 Å². The highest BCUT2D eigenvalue weighted by molar-refractivity contribution is 5.49. The number of nitrogens with one attached hydrogen (secondary N) is 1. The second-order valence-electron chi connectivity index (χ2n) is 15.3. The van der Waals surface area contributed by atoms with E-state index in [0.29, 0.717) is 17.3 Å². The van der Waals surface area contributed by atoms with E-state index in [0.717, 1.165) is 31.6 Å². The molecule has 0 fully saturated rings. The van der Waals surface area contributed by atoms with Crippen LogP contribution in [-0.4, -0.2) is 16.5 Å². The predicted octanol–water partition coefficient (Wildman–Crippen LogP) is 12.5. The number of aromatic nitrogens is 2. The average Bonchev–Trinajstić information content (AvgIpc) is 2.98. The number of hydrogen-bond donors (Lipinski definition) is 1. The Kier molecular flexibility index (Phi) is 16.6. The number of pyridine rings is 2. The number of aryl methyl sites for hydroxylation is 2. The van der Waals surface area contributed by atoms with E-state index in [1.54, 1.807) is 0 Å². The average molecular weight is 602 g/mol. The van der Waals surface area contributed by atoms with Crippen LogP contribution in [-0.2, 0) is 12.8 Å². The number of unbranched alkanes of at least 4 members (excludes halogenated alkanes) is 12. The molecular weight excluding hydrogens is 534 g/mol. The first-order valence-electron chi connectivity index (χ1n) is 18.5. The van der Waals surface area contributed by atoms with Crippen molar-refractivity contribution in [3.05, 3.63) is 65.1 Å². The Morgan fingerprint density at radius 2 is 1.41 bits per heavy atom. The van der Waals surface area contributed by atoms with Gasteiger partial charge in [0.05, 0.1) is 0 Å². The van der Waals surface area contributed by atoms with Crippen LogP contribution in [0.3, 0.4) is 0 Å². The standard InChI is InChI=1S/C41H67N3/c1-33(2)31-35(21-17-14-15-19-23-38-26-27-39-34(3)28-30-42-40(39)44-38)36-24-25-37(43-32-36)22-18-13-11-9-7-8-10-12-16-20-29-41(4,5)6/h24-27,32,34-35H,1,7-23,28-31H2,2-6H3,(H,42,44). The van der Waals surface area contributed by atoms with Gasteiger partial charge in [0.2, 0.25) is 0 Å². The molecular formula is C41H67N3. The van der Waals surface area contributed by atoms with Crippen LogP contribution in [0.1, 0.15) is 185 Å². The summed E-state index contributed by atoms with van der Waals surface area (Å²) in [6.07, 6.45) is 28.2. The molecule has 2 aromatic rings. The molecule has 1 aliphatic rings. The molecule has 1 aliphatic heterocycles. The first-order chi connectivity index (χ1) is 21.2. The highest BCUT2D eigenvalue weighted by Crippen LogP contribution is 2.31. The van der Waals surface area contributed by atoms with Crippen LogP contribution in [0, 0.1) is 5.41 Å². The van der Waals surface area contributed by atoms with Gasteiger partial charge in [0.25, 0.3) is 0 Å². The number of rotatable bonds is 22. The van der Waals surface area contributed by atoms with Gasteiger partial charge in [-0.3, -0.25) is 4.98 Å². The molecule has 0 spiro atoms. The van der Waals surface area contributed by atoms with Gasteiger partial charge in [0.1, 0.15) is 5.82 Å². The molecule has 0 bridgehead atoms. The van der Waals surface area contributed by atoms with Crippen LogP contribution in [0.4, 0.5) is 5.82 Å². The van der Waals surface area contributed by atoms with Crippen molar-refractivity contribution in [1.29, 1.82) is 0 Å². The van der Waals surface area contributed by atoms with Crippen LogP contribution in [0.5, 0.6) is 0 Å². The zero-order valence-corrected chi connectivity index (χ0v) is 29.5. The highest BCUT2D eigenvalue weighted by Gasteiger charge is 2.17. The second kappa shape index (κ2) is 20.1. The van der Waals surface area contributed by atoms with Crippen molar-refractivity contribution in [2.45, 2.75) is 175 Å². The molecule has 3 rings (SSSR count). The van der Waals surface area contributed by atoms with Crippen molar-refractivity contribution in [3.63, 3.8) is 0 Å². The fraction of sp³-hybridized carbons (Fsp3) is 0.707. The first kappa shape index (κ1) is 36.3. The van der Waals surface area contributed by atoms with Crippen molar-refractivity contribution >= 4 is 5.82 Å². The zero-order valence-electron chi connectivity index (χ0n) is 29.5. The van der Waals surface area contributed by atoms with Gasteiger partial charge in [-0.1, -0.05) is 122 Å². The lowest BCUT2D eigenvalue weighted by Crippen LogP contribution is -2.16. The lowest BCUT2D eigenvalue weighted by atomic mass is 9.88. The van der Waals surface area contributed by atoms with Crippen LogP contribution < -0.4 is 5.32 Å². The van der Waals surface area contributed by atoms with E-state index in [1.807, 2.05) is 0 Å². The van der Waals surface area contributed by atoms with E-state index < -0.39 is 0 Å². The predicted molar refractivity (Wildman–Crippen MR) is 193 cm³/mol. The number of nitrogens with zero attached hydrogens (tertiary/aromatic N) is 2. The number of allylic oxidation sites excluding steroid dienone is 1. The fourth-order valence-corrected chi connectivity index (χ4v) is 6.81. The van der Waals surface area contributed by atoms with E-state index in [9.17, 15) is 0 Å². The Morgan fingerprint density at radius 3 is 2.02 bits per heavy atom. The topological polar surface area (TPSA) is 37.8 Å². The van der Waals surface area contributed by atoms with E-state index >= 15 is 0 Å². The van der Waals surface area contributed by atoms with Crippen molar-refractivity contribution in [2.24, 2.45) is 5.41 Å². The second-order valence-corrected chi connectivity index (χ2v) is 15.3. The highest BCUT2D eigenvalue weighted by atomic mass is 15.0. The summed E-state index contributed by atoms with van der Waals surface area (Å²) < 4.78 is 0. The number of anilines is 1. The van der Waals surface area contributed by atoms with Gasteiger partial charge in [0.15, 0.2) is 0 Å². The molecule has 2 atom stereocenters. The lowest BCUT2D eigenvalue weighted by molar-refractivity contribution is 0.356. The number of fused-ring (bicyclic) bond motifs is 1. The van der Waals surface area contributed by atoms with Gasteiger partial charge >= 0.3 is 0 Å². The Morgan fingerprint density at radius 1 is 0.818 bits per heavy atom. The normalized spacial score (nSPS) is 15.5. The quantitative estimate of drug-likeness (QED) is 0.108. The SMILES string of the molecule is C=C(C)CC(CCCCCCc1ccc2c(n1)NCCC2C)c1ccc(CCCCCCCCCCCCC(C)(C)C)nc1. The zero-order chi connectivity index (χ0) is 31.6. The summed E-state index contributed by atoms with van der Waals surface area (Å²) >= 11 is 0. The minimum atomic E-state index is 0.504. The summed E-state index contributed by atoms with van der Waals surface area (Å²) in [5.74, 6) is 2.30. The molecule has 3 nitrogen and oxygen atoms in total. The van der Waals surface area contributed by atoms with Gasteiger partial charge in [-0.2, -0.15) is 0 Å². The Labute approximate surface area is 272 Å². The molecule has 2 unspecified atom stereocenters. The third-order valence-electron chi connectivity index (χ3n) is 9.64. The van der Waals surface area contributed by atoms with Crippen LogP contribution in [0.2, 0.25) is 0 Å². The van der Waals surface area contributed by atoms with Crippen LogP contribution >= 0.6 is 0 Å². The molecule has 0 aliphatic carbocycles. The Balaban J connectivity index is 1.25. The summed E-state index contributed by atoms with van der Waals surface area (Å²) in [6, 6.07) is 9.20. The molecule has 0 saturated carbocycles. The fourth-order valence-electron chi connectivity index (χ4n) is 6.81. The monoisotopic (exact) mass is 602 g/mol. The van der Waals surface area contributed by atoms with E-state index in [1.165, 1.54) is 137 Å². The molecule has 1 N–H and O–H groups in total. The minimum Gasteiger partial charge on any atom is -0.370 e. The van der Waals surface area contributed by atoms with Crippen molar-refractivity contribution in [1.82, 2.24) is 9.97 Å². The molecule has 246 valence electrons. The smallest absolute Gasteiger partial charge is 0.129 e. The molecule has 0 aromatic carbocycles. The van der Waals surface area contributed by atoms with E-state index in [2.05, 4.69) is 77.0 Å². The van der Waals surface area contributed by atoms with Gasteiger partial charge < -0.3 is 5.32 Å². The molecule has 2 aromatic heterocycles. The van der Waals surface area contributed by atoms with Gasteiger partial charge in [-0.15, -0.1) is 6.58 Å². The summed E-state index contributed by atoms with van der Waals surface area (Å²) in [6.45, 7) is 16.8. The molecule has 0 saturated heterocycles. The van der Waals surface area contributed by atoms with E-state index in [4.69, 9.17) is 9.97 Å². The molecule has 3 heterocycles. The summed E-state index contributed by atoms with van der Waals surface area (Å²) in [4.78, 5) is 9.80. The summed E-state index contributed by atoms with van der Waals surface area (Å²) in [7, 11) is 0. The third kappa shape index (κ3) is 14.7. The molecule has 0 radical (unpaired) electrons. The molecule has 44 heavy (non-hydrogen) atoms. The van der Waals surface area contributed by atoms with Crippen molar-refractivity contribution < 1.29 is 0 Å². The Bertz CT molecular complexity index is 1060. The summed E-state index contributed by atoms with van der Waals surface area (Å²) in [5, 5.41) is 3.50. The van der Waals surface area contributed by atoms with Gasteiger partial charge in [0, 0.05) is 24.1 Å². The van der Waals surface area contributed by atoms with Gasteiger partial charge in [-0.05, 0) is 98.8 Å². The van der Waals surface area contributed by atoms with Crippen molar-refractivity contribution in [2.75, 3.05) is 11.9 Å². The van der Waals surface area contributed by atoms with Crippen molar-refractivity contribution in [3.8, 4) is 0 Å². The molecule has 3 heteroatoms. The first-order valence-corrected chi connectivity index (χ1v) is 18.5. The van der Waals surface area contributed by atoms with Crippen LogP contribution in [0.25, 0.3) is 0 Å². The lowest BCUT2D eigenvalue weighted by Gasteiger charge is -2.23. The van der Waals surface area contributed by atoms with Gasteiger partial charge in [-0.25, -0.2) is 4.98 Å². The maximum absolute atomic E-state index is 4.92.